The number of rotatable bonds is 3. The zero-order valence-corrected chi connectivity index (χ0v) is 12.7. The van der Waals surface area contributed by atoms with Gasteiger partial charge in [-0.1, -0.05) is 0 Å². The summed E-state index contributed by atoms with van der Waals surface area (Å²) in [5.41, 5.74) is 2.13. The summed E-state index contributed by atoms with van der Waals surface area (Å²) >= 11 is 3.18. The smallest absolute Gasteiger partial charge is 0.256 e. The Hall–Kier alpha value is -1.88. The summed E-state index contributed by atoms with van der Waals surface area (Å²) in [5.74, 6) is -0.668. The van der Waals surface area contributed by atoms with Gasteiger partial charge in [-0.05, 0) is 58.4 Å². The average Bonchev–Trinajstić information content (AvgIpc) is 2.39. The van der Waals surface area contributed by atoms with Crippen molar-refractivity contribution in [3.8, 4) is 0 Å². The van der Waals surface area contributed by atoms with E-state index in [4.69, 9.17) is 0 Å². The highest BCUT2D eigenvalue weighted by atomic mass is 79.9. The molecule has 20 heavy (non-hydrogen) atoms. The van der Waals surface area contributed by atoms with Gasteiger partial charge in [0.1, 0.15) is 5.82 Å². The van der Waals surface area contributed by atoms with Crippen LogP contribution in [0, 0.1) is 5.82 Å². The molecule has 0 spiro atoms. The molecule has 5 heteroatoms. The van der Waals surface area contributed by atoms with E-state index in [-0.39, 0.29) is 11.7 Å². The highest BCUT2D eigenvalue weighted by molar-refractivity contribution is 9.10. The van der Waals surface area contributed by atoms with Crippen LogP contribution in [-0.2, 0) is 0 Å². The van der Waals surface area contributed by atoms with E-state index in [1.54, 1.807) is 0 Å². The van der Waals surface area contributed by atoms with Crippen molar-refractivity contribution in [2.45, 2.75) is 0 Å². The zero-order valence-electron chi connectivity index (χ0n) is 11.2. The van der Waals surface area contributed by atoms with E-state index in [9.17, 15) is 9.18 Å². The van der Waals surface area contributed by atoms with Crippen LogP contribution in [0.4, 0.5) is 15.8 Å². The summed E-state index contributed by atoms with van der Waals surface area (Å²) in [6.45, 7) is 0. The van der Waals surface area contributed by atoms with Gasteiger partial charge in [0.15, 0.2) is 0 Å². The van der Waals surface area contributed by atoms with Crippen molar-refractivity contribution < 1.29 is 9.18 Å². The number of carbonyl (C=O) groups excluding carboxylic acids is 1. The lowest BCUT2D eigenvalue weighted by Gasteiger charge is -2.13. The minimum absolute atomic E-state index is 0.283. The molecular weight excluding hydrogens is 323 g/mol. The predicted molar refractivity (Wildman–Crippen MR) is 82.8 cm³/mol. The molecule has 2 aromatic carbocycles. The highest BCUT2D eigenvalue weighted by Gasteiger charge is 2.11. The Labute approximate surface area is 125 Å². The molecule has 3 nitrogen and oxygen atoms in total. The van der Waals surface area contributed by atoms with Crippen molar-refractivity contribution in [1.29, 1.82) is 0 Å². The van der Waals surface area contributed by atoms with Gasteiger partial charge in [0.05, 0.1) is 5.56 Å². The second kappa shape index (κ2) is 6.05. The third-order valence-electron chi connectivity index (χ3n) is 2.82. The molecule has 0 bridgehead atoms. The van der Waals surface area contributed by atoms with Crippen molar-refractivity contribution in [2.24, 2.45) is 0 Å². The molecule has 2 rings (SSSR count). The molecule has 0 aliphatic heterocycles. The van der Waals surface area contributed by atoms with Gasteiger partial charge < -0.3 is 10.2 Å². The monoisotopic (exact) mass is 336 g/mol. The summed E-state index contributed by atoms with van der Waals surface area (Å²) in [6, 6.07) is 11.4. The number of anilines is 2. The van der Waals surface area contributed by atoms with E-state index in [0.29, 0.717) is 15.7 Å². The number of hydrogen-bond donors (Lipinski definition) is 1. The van der Waals surface area contributed by atoms with Gasteiger partial charge in [0.25, 0.3) is 5.91 Å². The zero-order chi connectivity index (χ0) is 14.7. The fourth-order valence-electron chi connectivity index (χ4n) is 1.71. The molecule has 1 N–H and O–H groups in total. The number of amides is 1. The summed E-state index contributed by atoms with van der Waals surface area (Å²) in [6.07, 6.45) is 0. The van der Waals surface area contributed by atoms with Crippen LogP contribution < -0.4 is 10.2 Å². The largest absolute Gasteiger partial charge is 0.378 e. The summed E-state index contributed by atoms with van der Waals surface area (Å²) in [7, 11) is 3.90. The maximum Gasteiger partial charge on any atom is 0.256 e. The van der Waals surface area contributed by atoms with Crippen LogP contribution in [0.25, 0.3) is 0 Å². The van der Waals surface area contributed by atoms with Crippen molar-refractivity contribution in [3.05, 3.63) is 58.3 Å². The normalized spacial score (nSPS) is 10.2. The van der Waals surface area contributed by atoms with Crippen LogP contribution in [0.2, 0.25) is 0 Å². The minimum Gasteiger partial charge on any atom is -0.378 e. The average molecular weight is 337 g/mol. The standard InChI is InChI=1S/C15H14BrFN2O/c1-19(2)12-6-4-11(5-7-12)18-15(20)13-8-3-10(17)9-14(13)16/h3-9H,1-2H3,(H,18,20). The molecule has 0 radical (unpaired) electrons. The van der Waals surface area contributed by atoms with Crippen LogP contribution in [0.3, 0.4) is 0 Å². The SMILES string of the molecule is CN(C)c1ccc(NC(=O)c2ccc(F)cc2Br)cc1. The number of nitrogens with one attached hydrogen (secondary N) is 1. The first kappa shape index (κ1) is 14.5. The minimum atomic E-state index is -0.385. The van der Waals surface area contributed by atoms with E-state index in [1.807, 2.05) is 43.3 Å². The third kappa shape index (κ3) is 3.36. The molecule has 0 aliphatic rings. The van der Waals surface area contributed by atoms with Crippen molar-refractivity contribution in [1.82, 2.24) is 0 Å². The summed E-state index contributed by atoms with van der Waals surface area (Å²) < 4.78 is 13.4. The van der Waals surface area contributed by atoms with E-state index in [2.05, 4.69) is 21.2 Å². The number of nitrogens with zero attached hydrogens (tertiary/aromatic N) is 1. The first-order valence-corrected chi connectivity index (χ1v) is 6.80. The quantitative estimate of drug-likeness (QED) is 0.921. The number of halogens is 2. The van der Waals surface area contributed by atoms with Crippen LogP contribution in [0.1, 0.15) is 10.4 Å². The summed E-state index contributed by atoms with van der Waals surface area (Å²) in [4.78, 5) is 14.1. The molecule has 0 saturated carbocycles. The third-order valence-corrected chi connectivity index (χ3v) is 3.47. The second-order valence-corrected chi connectivity index (χ2v) is 5.37. The Morgan fingerprint density at radius 1 is 1.15 bits per heavy atom. The second-order valence-electron chi connectivity index (χ2n) is 4.52. The maximum atomic E-state index is 13.0. The molecular formula is C15H14BrFN2O. The van der Waals surface area contributed by atoms with Gasteiger partial charge in [0, 0.05) is 29.9 Å². The van der Waals surface area contributed by atoms with Crippen LogP contribution in [0.5, 0.6) is 0 Å². The molecule has 1 amide bonds. The molecule has 0 atom stereocenters. The first-order chi connectivity index (χ1) is 9.47. The van der Waals surface area contributed by atoms with Crippen molar-refractivity contribution in [3.63, 3.8) is 0 Å². The topological polar surface area (TPSA) is 32.3 Å². The van der Waals surface area contributed by atoms with Crippen molar-refractivity contribution >= 4 is 33.2 Å². The van der Waals surface area contributed by atoms with Crippen LogP contribution in [0.15, 0.2) is 46.9 Å². The Bertz CT molecular complexity index is 626. The number of carbonyl (C=O) groups is 1. The Balaban J connectivity index is 2.15. The van der Waals surface area contributed by atoms with Crippen molar-refractivity contribution in [2.75, 3.05) is 24.3 Å². The molecule has 0 aromatic heterocycles. The van der Waals surface area contributed by atoms with Gasteiger partial charge in [-0.2, -0.15) is 0 Å². The lowest BCUT2D eigenvalue weighted by atomic mass is 10.2. The van der Waals surface area contributed by atoms with Gasteiger partial charge in [-0.3, -0.25) is 4.79 Å². The van der Waals surface area contributed by atoms with Gasteiger partial charge >= 0.3 is 0 Å². The predicted octanol–water partition coefficient (Wildman–Crippen LogP) is 3.91. The first-order valence-electron chi connectivity index (χ1n) is 6.01. The molecule has 2 aromatic rings. The Morgan fingerprint density at radius 2 is 1.80 bits per heavy atom. The molecule has 0 heterocycles. The van der Waals surface area contributed by atoms with Gasteiger partial charge in [-0.25, -0.2) is 4.39 Å². The number of hydrogen-bond acceptors (Lipinski definition) is 2. The fraction of sp³-hybridized carbons (Fsp3) is 0.133. The van der Waals surface area contributed by atoms with Crippen LogP contribution in [-0.4, -0.2) is 20.0 Å². The fourth-order valence-corrected chi connectivity index (χ4v) is 2.25. The van der Waals surface area contributed by atoms with Gasteiger partial charge in [0.2, 0.25) is 0 Å². The van der Waals surface area contributed by atoms with E-state index in [0.717, 1.165) is 5.69 Å². The Kier molecular flexibility index (Phi) is 4.39. The van der Waals surface area contributed by atoms with Gasteiger partial charge in [-0.15, -0.1) is 0 Å². The molecule has 104 valence electrons. The van der Waals surface area contributed by atoms with E-state index in [1.165, 1.54) is 18.2 Å². The molecule has 0 saturated heterocycles. The molecule has 0 aliphatic carbocycles. The number of benzene rings is 2. The van der Waals surface area contributed by atoms with E-state index < -0.39 is 0 Å². The lowest BCUT2D eigenvalue weighted by Crippen LogP contribution is -2.13. The van der Waals surface area contributed by atoms with E-state index >= 15 is 0 Å². The Morgan fingerprint density at radius 3 is 2.35 bits per heavy atom. The highest BCUT2D eigenvalue weighted by Crippen LogP contribution is 2.21. The summed E-state index contributed by atoms with van der Waals surface area (Å²) in [5, 5.41) is 2.77. The van der Waals surface area contributed by atoms with Crippen LogP contribution >= 0.6 is 15.9 Å². The maximum absolute atomic E-state index is 13.0. The molecule has 0 unspecified atom stereocenters. The lowest BCUT2D eigenvalue weighted by molar-refractivity contribution is 0.102. The molecule has 0 fully saturated rings.